The smallest absolute Gasteiger partial charge is 0.229 e. The Hall–Kier alpha value is -3.09. The van der Waals surface area contributed by atoms with Crippen LogP contribution in [0.5, 0.6) is 0 Å². The summed E-state index contributed by atoms with van der Waals surface area (Å²) in [7, 11) is 4.04. The van der Waals surface area contributed by atoms with Gasteiger partial charge in [0.25, 0.3) is 0 Å². The van der Waals surface area contributed by atoms with Gasteiger partial charge < -0.3 is 15.5 Å². The van der Waals surface area contributed by atoms with Gasteiger partial charge in [-0.25, -0.2) is 4.98 Å². The monoisotopic (exact) mass is 349 g/mol. The molecule has 1 aliphatic rings. The summed E-state index contributed by atoms with van der Waals surface area (Å²) in [5.74, 6) is 2.73. The molecule has 0 amide bonds. The van der Waals surface area contributed by atoms with E-state index in [1.54, 1.807) is 6.20 Å². The molecule has 1 aromatic carbocycles. The van der Waals surface area contributed by atoms with Crippen LogP contribution in [-0.2, 0) is 0 Å². The Bertz CT molecular complexity index is 895. The van der Waals surface area contributed by atoms with E-state index in [9.17, 15) is 0 Å². The van der Waals surface area contributed by atoms with E-state index in [2.05, 4.69) is 53.9 Å². The van der Waals surface area contributed by atoms with Crippen molar-refractivity contribution in [3.63, 3.8) is 0 Å². The molecule has 7 nitrogen and oxygen atoms in total. The molecule has 134 valence electrons. The molecular weight excluding hydrogens is 326 g/mol. The number of aromatic nitrogens is 4. The Labute approximate surface area is 152 Å². The second-order valence-electron chi connectivity index (χ2n) is 6.90. The summed E-state index contributed by atoms with van der Waals surface area (Å²) < 4.78 is 0. The highest BCUT2D eigenvalue weighted by Gasteiger charge is 2.25. The van der Waals surface area contributed by atoms with E-state index >= 15 is 0 Å². The van der Waals surface area contributed by atoms with E-state index in [0.29, 0.717) is 11.9 Å². The van der Waals surface area contributed by atoms with Gasteiger partial charge in [0.1, 0.15) is 5.82 Å². The number of nitrogens with zero attached hydrogens (tertiary/aromatic N) is 4. The first kappa shape index (κ1) is 16.4. The van der Waals surface area contributed by atoms with Crippen LogP contribution in [0, 0.1) is 6.92 Å². The maximum Gasteiger partial charge on any atom is 0.229 e. The Morgan fingerprint density at radius 1 is 1.12 bits per heavy atom. The summed E-state index contributed by atoms with van der Waals surface area (Å²) in [6, 6.07) is 10.2. The predicted octanol–water partition coefficient (Wildman–Crippen LogP) is 3.94. The molecule has 26 heavy (non-hydrogen) atoms. The molecule has 7 heteroatoms. The van der Waals surface area contributed by atoms with Gasteiger partial charge in [0, 0.05) is 54.9 Å². The quantitative estimate of drug-likeness (QED) is 0.625. The number of anilines is 5. The van der Waals surface area contributed by atoms with Gasteiger partial charge in [-0.15, -0.1) is 0 Å². The number of hydrogen-bond acceptors (Lipinski definition) is 6. The van der Waals surface area contributed by atoms with E-state index < -0.39 is 0 Å². The van der Waals surface area contributed by atoms with Crippen molar-refractivity contribution in [1.29, 1.82) is 0 Å². The Morgan fingerprint density at radius 2 is 1.88 bits per heavy atom. The zero-order valence-corrected chi connectivity index (χ0v) is 15.2. The van der Waals surface area contributed by atoms with Gasteiger partial charge in [0.2, 0.25) is 5.95 Å². The van der Waals surface area contributed by atoms with Gasteiger partial charge in [-0.2, -0.15) is 10.1 Å². The fraction of sp³-hybridized carbons (Fsp3) is 0.316. The molecule has 1 aliphatic carbocycles. The molecule has 1 saturated carbocycles. The zero-order valence-electron chi connectivity index (χ0n) is 15.2. The number of H-pyrrole nitrogens is 1. The summed E-state index contributed by atoms with van der Waals surface area (Å²) in [4.78, 5) is 11.0. The van der Waals surface area contributed by atoms with Crippen molar-refractivity contribution in [3.05, 3.63) is 47.8 Å². The van der Waals surface area contributed by atoms with Gasteiger partial charge in [-0.3, -0.25) is 5.10 Å². The first-order valence-electron chi connectivity index (χ1n) is 8.79. The van der Waals surface area contributed by atoms with E-state index in [4.69, 9.17) is 0 Å². The fourth-order valence-electron chi connectivity index (χ4n) is 2.73. The van der Waals surface area contributed by atoms with Crippen molar-refractivity contribution < 1.29 is 0 Å². The highest BCUT2D eigenvalue weighted by Crippen LogP contribution is 2.39. The molecule has 4 rings (SSSR count). The van der Waals surface area contributed by atoms with Crippen molar-refractivity contribution in [2.45, 2.75) is 25.7 Å². The molecular formula is C19H23N7. The average molecular weight is 349 g/mol. The molecule has 3 aromatic rings. The maximum atomic E-state index is 4.59. The molecule has 1 fully saturated rings. The third-order valence-electron chi connectivity index (χ3n) is 4.47. The molecule has 0 atom stereocenters. The molecule has 0 spiro atoms. The number of nitrogens with one attached hydrogen (secondary N) is 3. The minimum Gasteiger partial charge on any atom is -0.378 e. The lowest BCUT2D eigenvalue weighted by Crippen LogP contribution is -2.08. The van der Waals surface area contributed by atoms with Gasteiger partial charge in [0.05, 0.1) is 0 Å². The van der Waals surface area contributed by atoms with Crippen LogP contribution in [0.1, 0.15) is 30.0 Å². The van der Waals surface area contributed by atoms with Gasteiger partial charge in [0.15, 0.2) is 5.82 Å². The van der Waals surface area contributed by atoms with Crippen LogP contribution in [0.4, 0.5) is 29.0 Å². The Kier molecular flexibility index (Phi) is 4.20. The van der Waals surface area contributed by atoms with Crippen molar-refractivity contribution in [2.24, 2.45) is 0 Å². The Morgan fingerprint density at radius 3 is 2.58 bits per heavy atom. The molecule has 0 bridgehead atoms. The van der Waals surface area contributed by atoms with Crippen LogP contribution in [0.3, 0.4) is 0 Å². The molecule has 0 radical (unpaired) electrons. The highest BCUT2D eigenvalue weighted by molar-refractivity contribution is 5.62. The lowest BCUT2D eigenvalue weighted by atomic mass is 10.2. The van der Waals surface area contributed by atoms with E-state index in [1.165, 1.54) is 18.5 Å². The minimum atomic E-state index is 0.550. The van der Waals surface area contributed by atoms with Crippen LogP contribution in [0.25, 0.3) is 0 Å². The van der Waals surface area contributed by atoms with Crippen LogP contribution in [0.15, 0.2) is 36.5 Å². The summed E-state index contributed by atoms with van der Waals surface area (Å²) >= 11 is 0. The van der Waals surface area contributed by atoms with Crippen molar-refractivity contribution in [3.8, 4) is 0 Å². The van der Waals surface area contributed by atoms with Crippen molar-refractivity contribution in [2.75, 3.05) is 29.6 Å². The van der Waals surface area contributed by atoms with Crippen molar-refractivity contribution >= 4 is 29.0 Å². The summed E-state index contributed by atoms with van der Waals surface area (Å²) in [6.07, 6.45) is 4.30. The summed E-state index contributed by atoms with van der Waals surface area (Å²) in [5, 5.41) is 14.0. The number of hydrogen-bond donors (Lipinski definition) is 3. The molecule has 0 saturated heterocycles. The number of aryl methyl sites for hydroxylation is 1. The second-order valence-corrected chi connectivity index (χ2v) is 6.90. The second kappa shape index (κ2) is 6.67. The van der Waals surface area contributed by atoms with E-state index in [0.717, 1.165) is 28.6 Å². The lowest BCUT2D eigenvalue weighted by Gasteiger charge is -2.13. The van der Waals surface area contributed by atoms with Crippen LogP contribution >= 0.6 is 0 Å². The SMILES string of the molecule is Cc1cnc(Nc2ccc(N(C)C)cc2)nc1Nc1cc(C2CC2)[nH]n1. The first-order chi connectivity index (χ1) is 12.6. The van der Waals surface area contributed by atoms with E-state index in [1.807, 2.05) is 33.2 Å². The van der Waals surface area contributed by atoms with Crippen LogP contribution in [0.2, 0.25) is 0 Å². The highest BCUT2D eigenvalue weighted by atomic mass is 15.2. The third-order valence-corrected chi connectivity index (χ3v) is 4.47. The van der Waals surface area contributed by atoms with Gasteiger partial charge in [-0.1, -0.05) is 0 Å². The molecule has 0 unspecified atom stereocenters. The molecule has 3 N–H and O–H groups in total. The lowest BCUT2D eigenvalue weighted by molar-refractivity contribution is 0.966. The number of aromatic amines is 1. The first-order valence-corrected chi connectivity index (χ1v) is 8.79. The predicted molar refractivity (Wildman–Crippen MR) is 105 cm³/mol. The fourth-order valence-corrected chi connectivity index (χ4v) is 2.73. The molecule has 2 heterocycles. The normalized spacial score (nSPS) is 13.5. The zero-order chi connectivity index (χ0) is 18.1. The van der Waals surface area contributed by atoms with Gasteiger partial charge in [-0.05, 0) is 44.0 Å². The summed E-state index contributed by atoms with van der Waals surface area (Å²) in [5.41, 5.74) is 4.25. The summed E-state index contributed by atoms with van der Waals surface area (Å²) in [6.45, 7) is 1.98. The largest absolute Gasteiger partial charge is 0.378 e. The minimum absolute atomic E-state index is 0.550. The van der Waals surface area contributed by atoms with Crippen LogP contribution < -0.4 is 15.5 Å². The molecule has 0 aliphatic heterocycles. The standard InChI is InChI=1S/C19H23N7/c1-12-11-20-19(21-14-6-8-15(9-7-14)26(2)3)23-18(12)22-17-10-16(24-25-17)13-4-5-13/h6-11,13H,4-5H2,1-3H3,(H3,20,21,22,23,24,25). The van der Waals surface area contributed by atoms with Crippen molar-refractivity contribution in [1.82, 2.24) is 20.2 Å². The molecule has 2 aromatic heterocycles. The van der Waals surface area contributed by atoms with Crippen LogP contribution in [-0.4, -0.2) is 34.3 Å². The topological polar surface area (TPSA) is 81.8 Å². The average Bonchev–Trinajstić information content (AvgIpc) is 3.38. The number of benzene rings is 1. The van der Waals surface area contributed by atoms with Gasteiger partial charge >= 0.3 is 0 Å². The Balaban J connectivity index is 1.49. The maximum absolute atomic E-state index is 4.59. The number of rotatable bonds is 6. The van der Waals surface area contributed by atoms with E-state index in [-0.39, 0.29) is 0 Å². The third kappa shape index (κ3) is 3.61.